The van der Waals surface area contributed by atoms with E-state index in [9.17, 15) is 0 Å². The van der Waals surface area contributed by atoms with Crippen molar-refractivity contribution in [1.29, 1.82) is 0 Å². The van der Waals surface area contributed by atoms with Crippen LogP contribution in [0.15, 0.2) is 0 Å². The summed E-state index contributed by atoms with van der Waals surface area (Å²) in [6.45, 7) is 8.19. The van der Waals surface area contributed by atoms with Crippen molar-refractivity contribution in [1.82, 2.24) is 5.32 Å². The van der Waals surface area contributed by atoms with E-state index in [0.29, 0.717) is 6.04 Å². The van der Waals surface area contributed by atoms with Crippen LogP contribution in [-0.4, -0.2) is 23.6 Å². The molecule has 1 aliphatic heterocycles. The van der Waals surface area contributed by atoms with Gasteiger partial charge in [-0.3, -0.25) is 0 Å². The van der Waals surface area contributed by atoms with Crippen molar-refractivity contribution < 1.29 is 0 Å². The molecule has 0 amide bonds. The van der Waals surface area contributed by atoms with E-state index >= 15 is 0 Å². The molecule has 90 valence electrons. The first-order valence-corrected chi connectivity index (χ1v) is 7.58. The predicted octanol–water partition coefficient (Wildman–Crippen LogP) is 3.69. The maximum absolute atomic E-state index is 3.68. The fraction of sp³-hybridized carbons (Fsp3) is 1.00. The molecule has 0 aromatic rings. The van der Waals surface area contributed by atoms with E-state index < -0.39 is 0 Å². The highest BCUT2D eigenvalue weighted by atomic mass is 32.2. The summed E-state index contributed by atoms with van der Waals surface area (Å²) >= 11 is 2.15. The third-order valence-electron chi connectivity index (χ3n) is 3.14. The van der Waals surface area contributed by atoms with E-state index in [0.717, 1.165) is 11.2 Å². The van der Waals surface area contributed by atoms with Gasteiger partial charge in [0.05, 0.1) is 0 Å². The molecule has 1 fully saturated rings. The molecular weight excluding hydrogens is 202 g/mol. The molecule has 1 rings (SSSR count). The summed E-state index contributed by atoms with van der Waals surface area (Å²) in [6, 6.07) is 0.713. The van der Waals surface area contributed by atoms with Crippen LogP contribution in [0.1, 0.15) is 52.9 Å². The van der Waals surface area contributed by atoms with Gasteiger partial charge in [0.25, 0.3) is 0 Å². The minimum atomic E-state index is 0.713. The van der Waals surface area contributed by atoms with Crippen molar-refractivity contribution in [2.24, 2.45) is 5.92 Å². The summed E-state index contributed by atoms with van der Waals surface area (Å²) in [4.78, 5) is 0. The molecule has 0 aromatic carbocycles. The Morgan fingerprint density at radius 3 is 2.67 bits per heavy atom. The molecule has 0 saturated carbocycles. The van der Waals surface area contributed by atoms with Crippen molar-refractivity contribution in [3.63, 3.8) is 0 Å². The lowest BCUT2D eigenvalue weighted by Crippen LogP contribution is -2.31. The summed E-state index contributed by atoms with van der Waals surface area (Å²) in [5, 5.41) is 4.58. The number of hydrogen-bond acceptors (Lipinski definition) is 2. The Kier molecular flexibility index (Phi) is 6.74. The van der Waals surface area contributed by atoms with Gasteiger partial charge in [-0.25, -0.2) is 0 Å². The molecule has 15 heavy (non-hydrogen) atoms. The summed E-state index contributed by atoms with van der Waals surface area (Å²) in [6.07, 6.45) is 6.96. The van der Waals surface area contributed by atoms with Gasteiger partial charge >= 0.3 is 0 Å². The fourth-order valence-corrected chi connectivity index (χ4v) is 3.29. The molecular formula is C13H27NS. The summed E-state index contributed by atoms with van der Waals surface area (Å²) in [5.41, 5.74) is 0. The standard InChI is InChI=1S/C13H27NS/c1-11(2)6-4-7-12(3)14-10-13-8-5-9-15-13/h11-14H,4-10H2,1-3H3. The van der Waals surface area contributed by atoms with Gasteiger partial charge in [0.1, 0.15) is 0 Å². The molecule has 2 heteroatoms. The van der Waals surface area contributed by atoms with E-state index in [2.05, 4.69) is 37.8 Å². The average molecular weight is 229 g/mol. The lowest BCUT2D eigenvalue weighted by atomic mass is 10.0. The molecule has 2 atom stereocenters. The highest BCUT2D eigenvalue weighted by Gasteiger charge is 2.15. The monoisotopic (exact) mass is 229 g/mol. The van der Waals surface area contributed by atoms with Gasteiger partial charge in [-0.2, -0.15) is 11.8 Å². The molecule has 0 spiro atoms. The van der Waals surface area contributed by atoms with E-state index in [-0.39, 0.29) is 0 Å². The molecule has 1 N–H and O–H groups in total. The largest absolute Gasteiger partial charge is 0.313 e. The van der Waals surface area contributed by atoms with Crippen LogP contribution in [0.25, 0.3) is 0 Å². The fourth-order valence-electron chi connectivity index (χ4n) is 2.07. The van der Waals surface area contributed by atoms with Gasteiger partial charge in [0.2, 0.25) is 0 Å². The molecule has 0 radical (unpaired) electrons. The lowest BCUT2D eigenvalue weighted by Gasteiger charge is -2.17. The highest BCUT2D eigenvalue weighted by Crippen LogP contribution is 2.25. The van der Waals surface area contributed by atoms with Crippen LogP contribution in [0.2, 0.25) is 0 Å². The first kappa shape index (κ1) is 13.4. The van der Waals surface area contributed by atoms with E-state index in [1.807, 2.05) is 0 Å². The Hall–Kier alpha value is 0.310. The molecule has 0 aromatic heterocycles. The summed E-state index contributed by atoms with van der Waals surface area (Å²) < 4.78 is 0. The Balaban J connectivity index is 1.95. The topological polar surface area (TPSA) is 12.0 Å². The highest BCUT2D eigenvalue weighted by molar-refractivity contribution is 8.00. The lowest BCUT2D eigenvalue weighted by molar-refractivity contribution is 0.456. The quantitative estimate of drug-likeness (QED) is 0.714. The number of rotatable bonds is 7. The summed E-state index contributed by atoms with van der Waals surface area (Å²) in [5.74, 6) is 2.25. The minimum absolute atomic E-state index is 0.713. The third kappa shape index (κ3) is 6.47. The smallest absolute Gasteiger partial charge is 0.0172 e. The van der Waals surface area contributed by atoms with Crippen LogP contribution in [0.4, 0.5) is 0 Å². The Morgan fingerprint density at radius 2 is 2.07 bits per heavy atom. The van der Waals surface area contributed by atoms with Gasteiger partial charge < -0.3 is 5.32 Å². The number of nitrogens with one attached hydrogen (secondary N) is 1. The van der Waals surface area contributed by atoms with E-state index in [1.54, 1.807) is 0 Å². The second-order valence-electron chi connectivity index (χ2n) is 5.27. The van der Waals surface area contributed by atoms with E-state index in [1.165, 1.54) is 44.4 Å². The Morgan fingerprint density at radius 1 is 1.27 bits per heavy atom. The van der Waals surface area contributed by atoms with Crippen LogP contribution in [0.3, 0.4) is 0 Å². The van der Waals surface area contributed by atoms with Gasteiger partial charge in [0.15, 0.2) is 0 Å². The first-order valence-electron chi connectivity index (χ1n) is 6.53. The molecule has 1 saturated heterocycles. The molecule has 1 aliphatic rings. The van der Waals surface area contributed by atoms with Crippen LogP contribution in [-0.2, 0) is 0 Å². The van der Waals surface area contributed by atoms with Gasteiger partial charge in [0, 0.05) is 17.8 Å². The van der Waals surface area contributed by atoms with Crippen LogP contribution < -0.4 is 5.32 Å². The SMILES string of the molecule is CC(C)CCCC(C)NCC1CCCS1. The second kappa shape index (κ2) is 7.56. The molecule has 0 bridgehead atoms. The van der Waals surface area contributed by atoms with Gasteiger partial charge in [-0.05, 0) is 37.9 Å². The Labute approximate surface area is 99.8 Å². The minimum Gasteiger partial charge on any atom is -0.313 e. The molecule has 1 nitrogen and oxygen atoms in total. The zero-order valence-corrected chi connectivity index (χ0v) is 11.4. The number of hydrogen-bond donors (Lipinski definition) is 1. The second-order valence-corrected chi connectivity index (χ2v) is 6.68. The molecule has 2 unspecified atom stereocenters. The normalized spacial score (nSPS) is 23.6. The Bertz CT molecular complexity index is 153. The van der Waals surface area contributed by atoms with Crippen molar-refractivity contribution >= 4 is 11.8 Å². The third-order valence-corrected chi connectivity index (χ3v) is 4.53. The van der Waals surface area contributed by atoms with Crippen LogP contribution in [0, 0.1) is 5.92 Å². The predicted molar refractivity (Wildman–Crippen MR) is 71.6 cm³/mol. The van der Waals surface area contributed by atoms with Gasteiger partial charge in [-0.15, -0.1) is 0 Å². The molecule has 0 aliphatic carbocycles. The van der Waals surface area contributed by atoms with E-state index in [4.69, 9.17) is 0 Å². The average Bonchev–Trinajstić information content (AvgIpc) is 2.66. The van der Waals surface area contributed by atoms with Crippen LogP contribution >= 0.6 is 11.8 Å². The van der Waals surface area contributed by atoms with Crippen molar-refractivity contribution in [2.45, 2.75) is 64.2 Å². The van der Waals surface area contributed by atoms with Crippen molar-refractivity contribution in [2.75, 3.05) is 12.3 Å². The number of thioether (sulfide) groups is 1. The van der Waals surface area contributed by atoms with Gasteiger partial charge in [-0.1, -0.05) is 26.7 Å². The zero-order chi connectivity index (χ0) is 11.1. The first-order chi connectivity index (χ1) is 7.18. The van der Waals surface area contributed by atoms with Crippen molar-refractivity contribution in [3.8, 4) is 0 Å². The van der Waals surface area contributed by atoms with Crippen molar-refractivity contribution in [3.05, 3.63) is 0 Å². The maximum atomic E-state index is 3.68. The maximum Gasteiger partial charge on any atom is 0.0172 e. The summed E-state index contributed by atoms with van der Waals surface area (Å²) in [7, 11) is 0. The van der Waals surface area contributed by atoms with Crippen LogP contribution in [0.5, 0.6) is 0 Å². The molecule has 1 heterocycles. The zero-order valence-electron chi connectivity index (χ0n) is 10.6.